The van der Waals surface area contributed by atoms with Crippen molar-refractivity contribution in [3.63, 3.8) is 0 Å². The van der Waals surface area contributed by atoms with E-state index >= 15 is 0 Å². The fourth-order valence-electron chi connectivity index (χ4n) is 2.37. The Kier molecular flexibility index (Phi) is 5.46. The van der Waals surface area contributed by atoms with Crippen molar-refractivity contribution in [2.24, 2.45) is 7.05 Å². The summed E-state index contributed by atoms with van der Waals surface area (Å²) in [6, 6.07) is 4.05. The molecule has 0 bridgehead atoms. The first kappa shape index (κ1) is 16.5. The van der Waals surface area contributed by atoms with Crippen LogP contribution in [0.25, 0.3) is 0 Å². The third kappa shape index (κ3) is 3.67. The normalized spacial score (nSPS) is 11.0. The molecule has 0 saturated carbocycles. The van der Waals surface area contributed by atoms with Crippen molar-refractivity contribution < 1.29 is 4.74 Å². The van der Waals surface area contributed by atoms with Gasteiger partial charge in [-0.3, -0.25) is 4.68 Å². The van der Waals surface area contributed by atoms with E-state index in [1.165, 1.54) is 11.3 Å². The summed E-state index contributed by atoms with van der Waals surface area (Å²) in [7, 11) is 3.66. The number of benzene rings is 1. The van der Waals surface area contributed by atoms with Gasteiger partial charge < -0.3 is 10.1 Å². The van der Waals surface area contributed by atoms with E-state index in [9.17, 15) is 0 Å². The number of halogens is 2. The third-order valence-corrected chi connectivity index (χ3v) is 4.61. The smallest absolute Gasteiger partial charge is 0.137 e. The van der Waals surface area contributed by atoms with Gasteiger partial charge in [-0.25, -0.2) is 0 Å². The van der Waals surface area contributed by atoms with Crippen LogP contribution < -0.4 is 10.1 Å². The molecule has 0 aliphatic rings. The van der Waals surface area contributed by atoms with Gasteiger partial charge in [-0.2, -0.15) is 5.10 Å². The molecule has 0 atom stereocenters. The first-order valence-corrected chi connectivity index (χ1v) is 8.24. The van der Waals surface area contributed by atoms with Gasteiger partial charge >= 0.3 is 0 Å². The molecule has 0 amide bonds. The Balaban J connectivity index is 2.10. The highest BCUT2D eigenvalue weighted by molar-refractivity contribution is 9.11. The molecule has 21 heavy (non-hydrogen) atoms. The van der Waals surface area contributed by atoms with Crippen LogP contribution in [0.4, 0.5) is 0 Å². The molecule has 1 aromatic heterocycles. The Morgan fingerprint density at radius 1 is 1.24 bits per heavy atom. The summed E-state index contributed by atoms with van der Waals surface area (Å²) in [6.45, 7) is 5.65. The zero-order valence-electron chi connectivity index (χ0n) is 12.6. The Bertz CT molecular complexity index is 653. The molecular weight excluding hydrogens is 398 g/mol. The molecule has 0 spiro atoms. The highest BCUT2D eigenvalue weighted by Gasteiger charge is 2.11. The first-order valence-electron chi connectivity index (χ1n) is 6.65. The van der Waals surface area contributed by atoms with E-state index in [4.69, 9.17) is 4.74 Å². The van der Waals surface area contributed by atoms with Gasteiger partial charge in [0.15, 0.2) is 0 Å². The van der Waals surface area contributed by atoms with Crippen LogP contribution in [-0.2, 0) is 20.1 Å². The molecule has 0 radical (unpaired) electrons. The SMILES string of the molecule is COc1c(Br)cc(Br)cc1CNCc1c(C)nn(C)c1C. The molecule has 1 aromatic carbocycles. The summed E-state index contributed by atoms with van der Waals surface area (Å²) in [6.07, 6.45) is 0. The second kappa shape index (κ2) is 6.94. The van der Waals surface area contributed by atoms with Crippen LogP contribution in [0.2, 0.25) is 0 Å². The summed E-state index contributed by atoms with van der Waals surface area (Å²) < 4.78 is 9.36. The number of rotatable bonds is 5. The van der Waals surface area contributed by atoms with Crippen LogP contribution in [0, 0.1) is 13.8 Å². The Labute approximate surface area is 142 Å². The van der Waals surface area contributed by atoms with E-state index < -0.39 is 0 Å². The van der Waals surface area contributed by atoms with Crippen molar-refractivity contribution in [2.45, 2.75) is 26.9 Å². The van der Waals surface area contributed by atoms with E-state index in [-0.39, 0.29) is 0 Å². The Hall–Kier alpha value is -0.850. The van der Waals surface area contributed by atoms with Crippen LogP contribution in [0.5, 0.6) is 5.75 Å². The highest BCUT2D eigenvalue weighted by Crippen LogP contribution is 2.32. The average molecular weight is 417 g/mol. The first-order chi connectivity index (χ1) is 9.93. The summed E-state index contributed by atoms with van der Waals surface area (Å²) in [5.41, 5.74) is 4.63. The molecule has 0 fully saturated rings. The van der Waals surface area contributed by atoms with E-state index in [2.05, 4.69) is 55.3 Å². The van der Waals surface area contributed by atoms with E-state index in [1.807, 2.05) is 24.7 Å². The minimum atomic E-state index is 0.731. The van der Waals surface area contributed by atoms with Gasteiger partial charge in [0.1, 0.15) is 5.75 Å². The number of methoxy groups -OCH3 is 1. The maximum atomic E-state index is 5.46. The van der Waals surface area contributed by atoms with Crippen molar-refractivity contribution in [2.75, 3.05) is 7.11 Å². The highest BCUT2D eigenvalue weighted by atomic mass is 79.9. The van der Waals surface area contributed by atoms with Crippen LogP contribution in [0.15, 0.2) is 21.1 Å². The van der Waals surface area contributed by atoms with Gasteiger partial charge in [-0.15, -0.1) is 0 Å². The molecule has 1 N–H and O–H groups in total. The van der Waals surface area contributed by atoms with Crippen LogP contribution in [-0.4, -0.2) is 16.9 Å². The quantitative estimate of drug-likeness (QED) is 0.804. The molecule has 114 valence electrons. The minimum absolute atomic E-state index is 0.731. The van der Waals surface area contributed by atoms with Gasteiger partial charge in [-0.1, -0.05) is 15.9 Å². The van der Waals surface area contributed by atoms with Crippen LogP contribution in [0.3, 0.4) is 0 Å². The van der Waals surface area contributed by atoms with E-state index in [0.717, 1.165) is 39.0 Å². The summed E-state index contributed by atoms with van der Waals surface area (Å²) >= 11 is 7.04. The number of hydrogen-bond donors (Lipinski definition) is 1. The predicted octanol–water partition coefficient (Wildman–Crippen LogP) is 3.86. The lowest BCUT2D eigenvalue weighted by molar-refractivity contribution is 0.405. The van der Waals surface area contributed by atoms with Crippen molar-refractivity contribution >= 4 is 31.9 Å². The zero-order valence-corrected chi connectivity index (χ0v) is 15.8. The van der Waals surface area contributed by atoms with Crippen LogP contribution in [0.1, 0.15) is 22.5 Å². The summed E-state index contributed by atoms with van der Waals surface area (Å²) in [5.74, 6) is 0.866. The molecular formula is C15H19Br2N3O. The van der Waals surface area contributed by atoms with Gasteiger partial charge in [0.2, 0.25) is 0 Å². The van der Waals surface area contributed by atoms with E-state index in [0.29, 0.717) is 0 Å². The number of hydrogen-bond acceptors (Lipinski definition) is 3. The molecule has 2 aromatic rings. The topological polar surface area (TPSA) is 39.1 Å². The molecule has 1 heterocycles. The third-order valence-electron chi connectivity index (χ3n) is 3.57. The number of aromatic nitrogens is 2. The van der Waals surface area contributed by atoms with Crippen molar-refractivity contribution in [3.05, 3.63) is 43.6 Å². The van der Waals surface area contributed by atoms with Crippen molar-refractivity contribution in [1.82, 2.24) is 15.1 Å². The second-order valence-electron chi connectivity index (χ2n) is 4.96. The van der Waals surface area contributed by atoms with E-state index in [1.54, 1.807) is 7.11 Å². The van der Waals surface area contributed by atoms with Crippen LogP contribution >= 0.6 is 31.9 Å². The number of aryl methyl sites for hydroxylation is 2. The number of ether oxygens (including phenoxy) is 1. The fraction of sp³-hybridized carbons (Fsp3) is 0.400. The number of nitrogens with one attached hydrogen (secondary N) is 1. The molecule has 0 aliphatic carbocycles. The van der Waals surface area contributed by atoms with Gasteiger partial charge in [0.25, 0.3) is 0 Å². The molecule has 4 nitrogen and oxygen atoms in total. The van der Waals surface area contributed by atoms with Crippen molar-refractivity contribution in [1.29, 1.82) is 0 Å². The van der Waals surface area contributed by atoms with Gasteiger partial charge in [0.05, 0.1) is 17.3 Å². The Morgan fingerprint density at radius 3 is 2.52 bits per heavy atom. The number of nitrogens with zero attached hydrogens (tertiary/aromatic N) is 2. The maximum absolute atomic E-state index is 5.46. The van der Waals surface area contributed by atoms with Gasteiger partial charge in [-0.05, 0) is 41.9 Å². The lowest BCUT2D eigenvalue weighted by atomic mass is 10.1. The standard InChI is InChI=1S/C15H19Br2N3O/c1-9-13(10(2)20(3)19-9)8-18-7-11-5-12(16)6-14(17)15(11)21-4/h5-6,18H,7-8H2,1-4H3. The summed E-state index contributed by atoms with van der Waals surface area (Å²) in [5, 5.41) is 7.90. The van der Waals surface area contributed by atoms with Gasteiger partial charge in [0, 0.05) is 41.4 Å². The predicted molar refractivity (Wildman–Crippen MR) is 91.6 cm³/mol. The maximum Gasteiger partial charge on any atom is 0.137 e. The molecule has 0 aliphatic heterocycles. The monoisotopic (exact) mass is 415 g/mol. The van der Waals surface area contributed by atoms with Crippen molar-refractivity contribution in [3.8, 4) is 5.75 Å². The molecule has 0 unspecified atom stereocenters. The fourth-order valence-corrected chi connectivity index (χ4v) is 3.84. The average Bonchev–Trinajstić information content (AvgIpc) is 2.64. The summed E-state index contributed by atoms with van der Waals surface area (Å²) in [4.78, 5) is 0. The molecule has 2 rings (SSSR count). The molecule has 6 heteroatoms. The molecule has 0 saturated heterocycles. The lowest BCUT2D eigenvalue weighted by Crippen LogP contribution is -2.14. The Morgan fingerprint density at radius 2 is 1.95 bits per heavy atom. The lowest BCUT2D eigenvalue weighted by Gasteiger charge is -2.12. The minimum Gasteiger partial charge on any atom is -0.495 e. The second-order valence-corrected chi connectivity index (χ2v) is 6.73. The zero-order chi connectivity index (χ0) is 15.6. The largest absolute Gasteiger partial charge is 0.495 e.